The Morgan fingerprint density at radius 3 is 1.05 bits per heavy atom. The zero-order valence-corrected chi connectivity index (χ0v) is 43.6. The Balaban J connectivity index is 0.000000451. The molecular weight excluding hydrogens is 887 g/mol. The summed E-state index contributed by atoms with van der Waals surface area (Å²) in [4.78, 5) is 0. The normalized spacial score (nSPS) is 12.7. The number of nitrogens with zero attached hydrogens (tertiary/aromatic N) is 2. The molecule has 0 amide bonds. The predicted octanol–water partition coefficient (Wildman–Crippen LogP) is 17.8. The molecule has 0 spiro atoms. The average molecular weight is 974 g/mol. The first-order valence-electron chi connectivity index (χ1n) is 26.1. The van der Waals surface area contributed by atoms with Crippen LogP contribution in [0, 0.1) is 0 Å². The summed E-state index contributed by atoms with van der Waals surface area (Å²) in [5, 5.41) is 0. The molecule has 1 aliphatic rings. The van der Waals surface area contributed by atoms with Gasteiger partial charge in [0.05, 0.1) is 0 Å². The van der Waals surface area contributed by atoms with Crippen LogP contribution in [0.1, 0.15) is 214 Å². The summed E-state index contributed by atoms with van der Waals surface area (Å²) in [6.45, 7) is 19.7. The van der Waals surface area contributed by atoms with Crippen LogP contribution in [0.15, 0.2) is 96.1 Å². The van der Waals surface area contributed by atoms with E-state index in [0.717, 1.165) is 88.4 Å². The van der Waals surface area contributed by atoms with E-state index in [0.29, 0.717) is 13.2 Å². The van der Waals surface area contributed by atoms with E-state index < -0.39 is 0 Å². The Bertz CT molecular complexity index is 1850. The summed E-state index contributed by atoms with van der Waals surface area (Å²) >= 11 is -0.109. The summed E-state index contributed by atoms with van der Waals surface area (Å²) in [7, 11) is 0. The molecule has 5 heteroatoms. The first kappa shape index (κ1) is 54.2. The van der Waals surface area contributed by atoms with Gasteiger partial charge in [0, 0.05) is 22.3 Å². The molecule has 0 unspecified atom stereocenters. The van der Waals surface area contributed by atoms with Crippen LogP contribution < -0.4 is 0 Å². The quantitative estimate of drug-likeness (QED) is 0.0297. The van der Waals surface area contributed by atoms with Gasteiger partial charge in [-0.05, 0) is 122 Å². The molecule has 0 radical (unpaired) electrons. The molecule has 0 saturated heterocycles. The van der Waals surface area contributed by atoms with E-state index >= 15 is 0 Å². The van der Waals surface area contributed by atoms with Gasteiger partial charge >= 0.3 is 111 Å². The van der Waals surface area contributed by atoms with Crippen LogP contribution in [0.4, 0.5) is 0 Å². The van der Waals surface area contributed by atoms with Crippen molar-refractivity contribution in [2.75, 3.05) is 0 Å². The van der Waals surface area contributed by atoms with Crippen molar-refractivity contribution in [1.82, 2.24) is 0 Å². The van der Waals surface area contributed by atoms with Gasteiger partial charge in [0.25, 0.3) is 0 Å². The molecule has 4 nitrogen and oxygen atoms in total. The van der Waals surface area contributed by atoms with Crippen LogP contribution in [-0.2, 0) is 77.4 Å². The monoisotopic (exact) mass is 973 g/mol. The molecule has 4 aromatic carbocycles. The standard InChI is InChI=1S/C46H72N2.2C7H7O.Pd/c1-9-17-19-21-29-43-44(30-22-20-18-10-2)46(40-33-37(25-13-5)42(28-16-8)38(34-40)26-14-6)48(47)45(43)39-31-35(23-11-3)41(27-15-7)36(32-39)24-12-4;2*8-6-7-4-2-1-3-5-7;/h31-34H,9-30H2,1-8H3;2*1-5H,6H2;/q;2*-1;+2. The van der Waals surface area contributed by atoms with Crippen LogP contribution in [0.5, 0.6) is 0 Å². The molecule has 0 bridgehead atoms. The van der Waals surface area contributed by atoms with Gasteiger partial charge in [0.2, 0.25) is 11.4 Å². The van der Waals surface area contributed by atoms with Crippen molar-refractivity contribution in [3.8, 4) is 0 Å². The summed E-state index contributed by atoms with van der Waals surface area (Å²) in [5.41, 5.74) is 31.6. The fourth-order valence-corrected chi connectivity index (χ4v) is 10.4. The van der Waals surface area contributed by atoms with Gasteiger partial charge in [-0.3, -0.25) is 0 Å². The second-order valence-electron chi connectivity index (χ2n) is 18.1. The van der Waals surface area contributed by atoms with Crippen LogP contribution in [0.3, 0.4) is 0 Å². The van der Waals surface area contributed by atoms with Crippen LogP contribution in [0.25, 0.3) is 16.9 Å². The van der Waals surface area contributed by atoms with Crippen molar-refractivity contribution in [3.63, 3.8) is 0 Å². The van der Waals surface area contributed by atoms with Gasteiger partial charge in [0.15, 0.2) is 0 Å². The fraction of sp³-hybridized carbons (Fsp3) is 0.533. The molecule has 1 aliphatic heterocycles. The third-order valence-electron chi connectivity index (χ3n) is 12.6. The summed E-state index contributed by atoms with van der Waals surface area (Å²) in [6, 6.07) is 30.1. The Hall–Kier alpha value is -3.46. The topological polar surface area (TPSA) is 43.8 Å². The van der Waals surface area contributed by atoms with E-state index in [4.69, 9.17) is 6.92 Å². The minimum atomic E-state index is -0.109. The zero-order chi connectivity index (χ0) is 46.7. The van der Waals surface area contributed by atoms with Crippen molar-refractivity contribution in [1.29, 1.82) is 0 Å². The van der Waals surface area contributed by atoms with E-state index in [2.05, 4.69) is 79.7 Å². The van der Waals surface area contributed by atoms with E-state index in [1.54, 1.807) is 15.8 Å². The number of rotatable bonds is 30. The van der Waals surface area contributed by atoms with Gasteiger partial charge < -0.3 is 5.53 Å². The van der Waals surface area contributed by atoms with E-state index in [1.807, 2.05) is 60.7 Å². The van der Waals surface area contributed by atoms with E-state index in [1.165, 1.54) is 120 Å². The molecule has 4 aromatic rings. The second-order valence-corrected chi connectivity index (χ2v) is 19.3. The van der Waals surface area contributed by atoms with Crippen molar-refractivity contribution in [2.45, 2.75) is 210 Å². The van der Waals surface area contributed by atoms with Gasteiger partial charge in [-0.25, -0.2) is 4.70 Å². The fourth-order valence-electron chi connectivity index (χ4n) is 9.54. The van der Waals surface area contributed by atoms with Crippen LogP contribution in [-0.4, -0.2) is 4.70 Å². The summed E-state index contributed by atoms with van der Waals surface area (Å²) in [6.07, 6.45) is 25.6. The molecule has 0 saturated carbocycles. The third kappa shape index (κ3) is 17.0. The third-order valence-corrected chi connectivity index (χ3v) is 13.4. The maximum atomic E-state index is 12.6. The maximum absolute atomic E-state index is 12.6. The van der Waals surface area contributed by atoms with Crippen molar-refractivity contribution in [2.24, 2.45) is 0 Å². The van der Waals surface area contributed by atoms with Crippen molar-refractivity contribution >= 4 is 11.4 Å². The van der Waals surface area contributed by atoms with Gasteiger partial charge in [0.1, 0.15) is 0 Å². The summed E-state index contributed by atoms with van der Waals surface area (Å²) < 4.78 is 12.6. The Kier molecular flexibility index (Phi) is 26.2. The number of hydrogen-bond acceptors (Lipinski definition) is 2. The minimum absolute atomic E-state index is 0.109. The molecule has 65 heavy (non-hydrogen) atoms. The Morgan fingerprint density at radius 2 is 0.738 bits per heavy atom. The molecule has 0 fully saturated rings. The van der Waals surface area contributed by atoms with E-state index in [9.17, 15) is 5.53 Å². The first-order valence-corrected chi connectivity index (χ1v) is 27.3. The molecule has 0 N–H and O–H groups in total. The average Bonchev–Trinajstić information content (AvgIpc) is 3.59. The van der Waals surface area contributed by atoms with Crippen molar-refractivity contribution in [3.05, 3.63) is 157 Å². The molecule has 358 valence electrons. The molecule has 0 aliphatic carbocycles. The SMILES string of the molecule is CCCCCCC1=C(c2cc(CCC)c(CCC)c(CCC)c2)[N+](=[N-])C(c2cc(CCC)c(CCC)c(CCC)c2)=C1CCCCCC.c1ccc(C[O][Pd][O]Cc2ccccc2)cc1. The number of allylic oxidation sites excluding steroid dienone is 2. The van der Waals surface area contributed by atoms with Gasteiger partial charge in [-0.1, -0.05) is 132 Å². The molecule has 0 aromatic heterocycles. The summed E-state index contributed by atoms with van der Waals surface area (Å²) in [5.74, 6) is 0. The van der Waals surface area contributed by atoms with Crippen LogP contribution in [0.2, 0.25) is 0 Å². The molecule has 1 heterocycles. The van der Waals surface area contributed by atoms with Crippen LogP contribution >= 0.6 is 0 Å². The molecule has 0 atom stereocenters. The van der Waals surface area contributed by atoms with Crippen molar-refractivity contribution < 1.29 is 30.3 Å². The number of aryl methyl sites for hydroxylation is 4. The first-order chi connectivity index (χ1) is 31.9. The molecule has 5 rings (SSSR count). The number of hydrogen-bond donors (Lipinski definition) is 0. The number of unbranched alkanes of at least 4 members (excludes halogenated alkanes) is 6. The van der Waals surface area contributed by atoms with Gasteiger partial charge in [-0.15, -0.1) is 0 Å². The molecular formula is C60H86N2O2Pd. The second kappa shape index (κ2) is 31.5. The predicted molar refractivity (Wildman–Crippen MR) is 274 cm³/mol. The van der Waals surface area contributed by atoms with E-state index in [-0.39, 0.29) is 18.7 Å². The zero-order valence-electron chi connectivity index (χ0n) is 42.1. The van der Waals surface area contributed by atoms with Gasteiger partial charge in [-0.2, -0.15) is 0 Å². The Labute approximate surface area is 406 Å². The number of benzene rings is 4. The Morgan fingerprint density at radius 1 is 0.400 bits per heavy atom.